The van der Waals surface area contributed by atoms with Crippen LogP contribution in [0.4, 0.5) is 0 Å². The first-order valence-corrected chi connectivity index (χ1v) is 5.80. The van der Waals surface area contributed by atoms with E-state index >= 15 is 0 Å². The lowest BCUT2D eigenvalue weighted by molar-refractivity contribution is -0.133. The van der Waals surface area contributed by atoms with Gasteiger partial charge in [-0.05, 0) is 25.7 Å². The summed E-state index contributed by atoms with van der Waals surface area (Å²) in [7, 11) is 0. The molecule has 1 heterocycles. The maximum absolute atomic E-state index is 11.7. The van der Waals surface area contributed by atoms with Crippen molar-refractivity contribution in [2.75, 3.05) is 6.61 Å². The number of carbonyl (C=O) groups is 2. The molecule has 0 aromatic rings. The zero-order valence-electron chi connectivity index (χ0n) is 9.78. The van der Waals surface area contributed by atoms with Gasteiger partial charge in [-0.25, -0.2) is 0 Å². The van der Waals surface area contributed by atoms with E-state index in [2.05, 4.69) is 11.2 Å². The van der Waals surface area contributed by atoms with E-state index in [0.29, 0.717) is 32.3 Å². The predicted octanol–water partition coefficient (Wildman–Crippen LogP) is -0.0610. The van der Waals surface area contributed by atoms with Crippen LogP contribution in [0.2, 0.25) is 0 Å². The van der Waals surface area contributed by atoms with Gasteiger partial charge >= 0.3 is 0 Å². The van der Waals surface area contributed by atoms with Gasteiger partial charge in [-0.1, -0.05) is 0 Å². The minimum absolute atomic E-state index is 0.257. The third kappa shape index (κ3) is 4.45. The number of ether oxygens (including phenoxy) is 1. The van der Waals surface area contributed by atoms with Crippen molar-refractivity contribution in [2.45, 2.75) is 44.2 Å². The molecule has 0 bridgehead atoms. The minimum atomic E-state index is -0.653. The maximum atomic E-state index is 11.7. The van der Waals surface area contributed by atoms with Gasteiger partial charge in [-0.2, -0.15) is 0 Å². The molecule has 1 fully saturated rings. The fourth-order valence-corrected chi connectivity index (χ4v) is 1.74. The standard InChI is InChI=1S/C12H18N2O3/c1-2-3-4-6-9(11(13)15)14-12(16)10-7-5-8-17-10/h1,9-10H,3-8H2,(H2,13,15)(H,14,16)/t9-,10-/m0/s1. The molecule has 5 nitrogen and oxygen atoms in total. The quantitative estimate of drug-likeness (QED) is 0.502. The van der Waals surface area contributed by atoms with E-state index in [4.69, 9.17) is 16.9 Å². The van der Waals surface area contributed by atoms with E-state index in [9.17, 15) is 9.59 Å². The van der Waals surface area contributed by atoms with Crippen LogP contribution in [0.25, 0.3) is 0 Å². The summed E-state index contributed by atoms with van der Waals surface area (Å²) in [5.41, 5.74) is 5.22. The van der Waals surface area contributed by atoms with Crippen molar-refractivity contribution in [3.8, 4) is 12.3 Å². The van der Waals surface area contributed by atoms with Crippen LogP contribution in [0, 0.1) is 12.3 Å². The molecule has 1 saturated heterocycles. The molecule has 0 aliphatic carbocycles. The number of unbranched alkanes of at least 4 members (excludes halogenated alkanes) is 1. The second-order valence-corrected chi connectivity index (χ2v) is 4.06. The van der Waals surface area contributed by atoms with E-state index in [1.807, 2.05) is 0 Å². The molecule has 1 aliphatic rings. The average Bonchev–Trinajstić information content (AvgIpc) is 2.81. The number of hydrogen-bond donors (Lipinski definition) is 2. The van der Waals surface area contributed by atoms with E-state index in [0.717, 1.165) is 6.42 Å². The lowest BCUT2D eigenvalue weighted by atomic mass is 10.1. The summed E-state index contributed by atoms with van der Waals surface area (Å²) in [6.07, 6.45) is 7.95. The summed E-state index contributed by atoms with van der Waals surface area (Å²) in [6, 6.07) is -0.653. The molecule has 1 aliphatic heterocycles. The minimum Gasteiger partial charge on any atom is -0.368 e. The highest BCUT2D eigenvalue weighted by Crippen LogP contribution is 2.12. The molecule has 5 heteroatoms. The van der Waals surface area contributed by atoms with Gasteiger partial charge in [0.1, 0.15) is 12.1 Å². The molecule has 2 atom stereocenters. The van der Waals surface area contributed by atoms with Crippen molar-refractivity contribution in [1.82, 2.24) is 5.32 Å². The summed E-state index contributed by atoms with van der Waals surface area (Å²) >= 11 is 0. The summed E-state index contributed by atoms with van der Waals surface area (Å²) in [5, 5.41) is 2.61. The first-order valence-electron chi connectivity index (χ1n) is 5.80. The highest BCUT2D eigenvalue weighted by molar-refractivity contribution is 5.88. The Morgan fingerprint density at radius 3 is 2.88 bits per heavy atom. The van der Waals surface area contributed by atoms with Crippen LogP contribution in [0.5, 0.6) is 0 Å². The molecule has 0 radical (unpaired) electrons. The van der Waals surface area contributed by atoms with Crippen LogP contribution in [-0.2, 0) is 14.3 Å². The summed E-state index contributed by atoms with van der Waals surface area (Å²) < 4.78 is 5.22. The van der Waals surface area contributed by atoms with Gasteiger partial charge < -0.3 is 15.8 Å². The van der Waals surface area contributed by atoms with Gasteiger partial charge in [0.25, 0.3) is 0 Å². The smallest absolute Gasteiger partial charge is 0.249 e. The molecule has 0 spiro atoms. The van der Waals surface area contributed by atoms with Gasteiger partial charge in [0, 0.05) is 13.0 Å². The van der Waals surface area contributed by atoms with Crippen molar-refractivity contribution in [2.24, 2.45) is 5.73 Å². The lowest BCUT2D eigenvalue weighted by Crippen LogP contribution is -2.47. The fourth-order valence-electron chi connectivity index (χ4n) is 1.74. The van der Waals surface area contributed by atoms with Gasteiger partial charge in [-0.15, -0.1) is 12.3 Å². The first-order chi connectivity index (χ1) is 8.15. The van der Waals surface area contributed by atoms with Crippen molar-refractivity contribution < 1.29 is 14.3 Å². The van der Waals surface area contributed by atoms with Crippen LogP contribution in [-0.4, -0.2) is 30.6 Å². The number of hydrogen-bond acceptors (Lipinski definition) is 3. The normalized spacial score (nSPS) is 20.5. The molecule has 17 heavy (non-hydrogen) atoms. The maximum Gasteiger partial charge on any atom is 0.249 e. The first kappa shape index (κ1) is 13.5. The van der Waals surface area contributed by atoms with Crippen molar-refractivity contribution in [1.29, 1.82) is 0 Å². The third-order valence-electron chi connectivity index (χ3n) is 2.70. The van der Waals surface area contributed by atoms with Crippen LogP contribution in [0.15, 0.2) is 0 Å². The van der Waals surface area contributed by atoms with Crippen LogP contribution < -0.4 is 11.1 Å². The molecule has 94 valence electrons. The molecular weight excluding hydrogens is 220 g/mol. The number of carbonyl (C=O) groups excluding carboxylic acids is 2. The summed E-state index contributed by atoms with van der Waals surface area (Å²) in [4.78, 5) is 22.9. The number of rotatable bonds is 6. The molecular formula is C12H18N2O3. The van der Waals surface area contributed by atoms with Crippen molar-refractivity contribution in [3.05, 3.63) is 0 Å². The molecule has 0 saturated carbocycles. The van der Waals surface area contributed by atoms with Crippen molar-refractivity contribution >= 4 is 11.8 Å². The zero-order valence-corrected chi connectivity index (χ0v) is 9.78. The highest BCUT2D eigenvalue weighted by atomic mass is 16.5. The number of primary amides is 1. The Kier molecular flexibility index (Phi) is 5.50. The second-order valence-electron chi connectivity index (χ2n) is 4.06. The largest absolute Gasteiger partial charge is 0.368 e. The Labute approximate surface area is 101 Å². The van der Waals surface area contributed by atoms with Gasteiger partial charge in [0.05, 0.1) is 0 Å². The number of nitrogens with two attached hydrogens (primary N) is 1. The van der Waals surface area contributed by atoms with Crippen molar-refractivity contribution in [3.63, 3.8) is 0 Å². The molecule has 0 aromatic heterocycles. The Morgan fingerprint density at radius 2 is 2.35 bits per heavy atom. The summed E-state index contributed by atoms with van der Waals surface area (Å²) in [5.74, 6) is 1.69. The fraction of sp³-hybridized carbons (Fsp3) is 0.667. The Bertz CT molecular complexity index is 316. The Hall–Kier alpha value is -1.54. The number of nitrogens with one attached hydrogen (secondary N) is 1. The topological polar surface area (TPSA) is 81.4 Å². The second kappa shape index (κ2) is 6.92. The highest BCUT2D eigenvalue weighted by Gasteiger charge is 2.27. The molecule has 3 N–H and O–H groups in total. The number of terminal acetylenes is 1. The van der Waals surface area contributed by atoms with Crippen LogP contribution >= 0.6 is 0 Å². The molecule has 0 aromatic carbocycles. The SMILES string of the molecule is C#CCCC[C@H](NC(=O)[C@@H]1CCCO1)C(N)=O. The lowest BCUT2D eigenvalue weighted by Gasteiger charge is -2.17. The molecule has 2 amide bonds. The van der Waals surface area contributed by atoms with Gasteiger partial charge in [-0.3, -0.25) is 9.59 Å². The number of amides is 2. The monoisotopic (exact) mass is 238 g/mol. The Balaban J connectivity index is 2.40. The van der Waals surface area contributed by atoms with E-state index < -0.39 is 18.1 Å². The Morgan fingerprint density at radius 1 is 1.59 bits per heavy atom. The van der Waals surface area contributed by atoms with E-state index in [-0.39, 0.29) is 5.91 Å². The van der Waals surface area contributed by atoms with Gasteiger partial charge in [0.15, 0.2) is 0 Å². The average molecular weight is 238 g/mol. The summed E-state index contributed by atoms with van der Waals surface area (Å²) in [6.45, 7) is 0.594. The van der Waals surface area contributed by atoms with E-state index in [1.54, 1.807) is 0 Å². The van der Waals surface area contributed by atoms with E-state index in [1.165, 1.54) is 0 Å². The zero-order chi connectivity index (χ0) is 12.7. The van der Waals surface area contributed by atoms with Gasteiger partial charge in [0.2, 0.25) is 11.8 Å². The molecule has 1 rings (SSSR count). The predicted molar refractivity (Wildman–Crippen MR) is 62.8 cm³/mol. The van der Waals surface area contributed by atoms with Crippen LogP contribution in [0.3, 0.4) is 0 Å². The molecule has 0 unspecified atom stereocenters. The third-order valence-corrected chi connectivity index (χ3v) is 2.70. The van der Waals surface area contributed by atoms with Crippen LogP contribution in [0.1, 0.15) is 32.1 Å².